The molecule has 4 nitrogen and oxygen atoms in total. The molecule has 17 heavy (non-hydrogen) atoms. The van der Waals surface area contributed by atoms with Gasteiger partial charge in [0.15, 0.2) is 0 Å². The van der Waals surface area contributed by atoms with Crippen LogP contribution in [0.1, 0.15) is 13.8 Å². The van der Waals surface area contributed by atoms with Crippen molar-refractivity contribution in [2.75, 3.05) is 24.2 Å². The summed E-state index contributed by atoms with van der Waals surface area (Å²) in [7, 11) is 1.72. The fraction of sp³-hybridized carbons (Fsp3) is 0.417. The molecule has 1 aromatic rings. The lowest BCUT2D eigenvalue weighted by molar-refractivity contribution is -0.120. The Bertz CT molecular complexity index is 386. The molecule has 0 aliphatic heterocycles. The normalized spacial score (nSPS) is 10.4. The minimum Gasteiger partial charge on any atom is -0.399 e. The molecule has 1 amide bonds. The van der Waals surface area contributed by atoms with E-state index in [1.165, 1.54) is 12.1 Å². The summed E-state index contributed by atoms with van der Waals surface area (Å²) in [5, 5.41) is 2.77. The Balaban J connectivity index is 2.69. The number of carbonyl (C=O) groups is 1. The van der Waals surface area contributed by atoms with Gasteiger partial charge < -0.3 is 16.0 Å². The Morgan fingerprint density at radius 3 is 2.65 bits per heavy atom. The highest BCUT2D eigenvalue weighted by Gasteiger charge is 2.09. The molecule has 0 atom stereocenters. The molecular formula is C12H18FN3O. The Labute approximate surface area is 101 Å². The predicted molar refractivity (Wildman–Crippen MR) is 67.4 cm³/mol. The van der Waals surface area contributed by atoms with Gasteiger partial charge in [0, 0.05) is 24.5 Å². The number of nitrogen functional groups attached to an aromatic ring is 1. The van der Waals surface area contributed by atoms with Crippen molar-refractivity contribution in [2.45, 2.75) is 19.9 Å². The second-order valence-electron chi connectivity index (χ2n) is 4.32. The smallest absolute Gasteiger partial charge is 0.239 e. The van der Waals surface area contributed by atoms with Crippen LogP contribution in [-0.4, -0.2) is 25.5 Å². The number of hydrogen-bond donors (Lipinski definition) is 2. The van der Waals surface area contributed by atoms with Crippen LogP contribution < -0.4 is 16.0 Å². The molecule has 0 saturated heterocycles. The van der Waals surface area contributed by atoms with E-state index in [0.717, 1.165) is 0 Å². The Kier molecular flexibility index (Phi) is 4.31. The molecule has 0 bridgehead atoms. The van der Waals surface area contributed by atoms with Crippen molar-refractivity contribution < 1.29 is 9.18 Å². The molecule has 1 rings (SSSR count). The van der Waals surface area contributed by atoms with Gasteiger partial charge in [-0.3, -0.25) is 4.79 Å². The van der Waals surface area contributed by atoms with E-state index in [4.69, 9.17) is 5.73 Å². The molecule has 0 aliphatic rings. The average molecular weight is 239 g/mol. The molecule has 0 fully saturated rings. The van der Waals surface area contributed by atoms with E-state index in [2.05, 4.69) is 5.32 Å². The summed E-state index contributed by atoms with van der Waals surface area (Å²) >= 11 is 0. The van der Waals surface area contributed by atoms with Crippen molar-refractivity contribution in [1.82, 2.24) is 5.32 Å². The summed E-state index contributed by atoms with van der Waals surface area (Å²) in [6.45, 7) is 3.94. The highest BCUT2D eigenvalue weighted by molar-refractivity contribution is 5.81. The van der Waals surface area contributed by atoms with Crippen LogP contribution in [-0.2, 0) is 4.79 Å². The van der Waals surface area contributed by atoms with Gasteiger partial charge in [-0.15, -0.1) is 0 Å². The van der Waals surface area contributed by atoms with Crippen LogP contribution in [0.2, 0.25) is 0 Å². The van der Waals surface area contributed by atoms with Gasteiger partial charge in [0.2, 0.25) is 5.91 Å². The second kappa shape index (κ2) is 5.52. The lowest BCUT2D eigenvalue weighted by atomic mass is 10.2. The summed E-state index contributed by atoms with van der Waals surface area (Å²) in [6, 6.07) is 4.31. The zero-order valence-corrected chi connectivity index (χ0v) is 10.3. The first-order valence-corrected chi connectivity index (χ1v) is 5.45. The minimum atomic E-state index is -0.406. The zero-order chi connectivity index (χ0) is 13.0. The Morgan fingerprint density at radius 1 is 1.47 bits per heavy atom. The van der Waals surface area contributed by atoms with Gasteiger partial charge in [-0.05, 0) is 32.0 Å². The van der Waals surface area contributed by atoms with Crippen molar-refractivity contribution in [2.24, 2.45) is 0 Å². The molecule has 0 aromatic heterocycles. The number of hydrogen-bond acceptors (Lipinski definition) is 3. The molecule has 0 saturated carbocycles. The highest BCUT2D eigenvalue weighted by atomic mass is 19.1. The molecule has 1 aromatic carbocycles. The van der Waals surface area contributed by atoms with E-state index in [9.17, 15) is 9.18 Å². The van der Waals surface area contributed by atoms with E-state index in [-0.39, 0.29) is 18.5 Å². The van der Waals surface area contributed by atoms with Crippen molar-refractivity contribution in [3.8, 4) is 0 Å². The number of anilines is 2. The topological polar surface area (TPSA) is 58.4 Å². The van der Waals surface area contributed by atoms with Crippen LogP contribution >= 0.6 is 0 Å². The van der Waals surface area contributed by atoms with Gasteiger partial charge in [0.05, 0.1) is 6.54 Å². The van der Waals surface area contributed by atoms with Gasteiger partial charge in [0.1, 0.15) is 5.82 Å². The molecule has 0 aliphatic carbocycles. The first kappa shape index (κ1) is 13.3. The summed E-state index contributed by atoms with van der Waals surface area (Å²) in [5.74, 6) is -0.513. The third kappa shape index (κ3) is 4.30. The highest BCUT2D eigenvalue weighted by Crippen LogP contribution is 2.18. The van der Waals surface area contributed by atoms with Gasteiger partial charge in [-0.2, -0.15) is 0 Å². The van der Waals surface area contributed by atoms with Gasteiger partial charge in [0.25, 0.3) is 0 Å². The Morgan fingerprint density at radius 2 is 2.12 bits per heavy atom. The SMILES string of the molecule is CC(C)NC(=O)CN(C)c1cc(N)cc(F)c1. The number of likely N-dealkylation sites (N-methyl/N-ethyl adjacent to an activating group) is 1. The van der Waals surface area contributed by atoms with Crippen LogP contribution in [0.5, 0.6) is 0 Å². The maximum Gasteiger partial charge on any atom is 0.239 e. The summed E-state index contributed by atoms with van der Waals surface area (Å²) in [6.07, 6.45) is 0. The number of amides is 1. The first-order valence-electron chi connectivity index (χ1n) is 5.45. The molecule has 3 N–H and O–H groups in total. The summed E-state index contributed by atoms with van der Waals surface area (Å²) < 4.78 is 13.1. The second-order valence-corrected chi connectivity index (χ2v) is 4.32. The maximum absolute atomic E-state index is 13.1. The quantitative estimate of drug-likeness (QED) is 0.780. The van der Waals surface area contributed by atoms with Crippen LogP contribution in [0.15, 0.2) is 18.2 Å². The van der Waals surface area contributed by atoms with Gasteiger partial charge in [-0.1, -0.05) is 0 Å². The molecule has 0 unspecified atom stereocenters. The largest absolute Gasteiger partial charge is 0.399 e. The van der Waals surface area contributed by atoms with Gasteiger partial charge in [-0.25, -0.2) is 4.39 Å². The molecule has 5 heteroatoms. The third-order valence-corrected chi connectivity index (χ3v) is 2.18. The number of halogens is 1. The Hall–Kier alpha value is -1.78. The molecule has 0 heterocycles. The number of benzene rings is 1. The van der Waals surface area contributed by atoms with Crippen LogP contribution in [0, 0.1) is 5.82 Å². The molecule has 0 spiro atoms. The number of nitrogens with zero attached hydrogens (tertiary/aromatic N) is 1. The zero-order valence-electron chi connectivity index (χ0n) is 10.3. The molecule has 94 valence electrons. The van der Waals surface area contributed by atoms with Crippen LogP contribution in [0.25, 0.3) is 0 Å². The van der Waals surface area contributed by atoms with Gasteiger partial charge >= 0.3 is 0 Å². The number of rotatable bonds is 4. The van der Waals surface area contributed by atoms with Crippen LogP contribution in [0.4, 0.5) is 15.8 Å². The maximum atomic E-state index is 13.1. The van der Waals surface area contributed by atoms with E-state index in [1.807, 2.05) is 13.8 Å². The standard InChI is InChI=1S/C12H18FN3O/c1-8(2)15-12(17)7-16(3)11-5-9(13)4-10(14)6-11/h4-6,8H,7,14H2,1-3H3,(H,15,17). The third-order valence-electron chi connectivity index (χ3n) is 2.18. The van der Waals surface area contributed by atoms with E-state index < -0.39 is 5.82 Å². The summed E-state index contributed by atoms with van der Waals surface area (Å²) in [4.78, 5) is 13.2. The fourth-order valence-electron chi connectivity index (χ4n) is 1.49. The average Bonchev–Trinajstić information content (AvgIpc) is 2.14. The first-order chi connectivity index (χ1) is 7.88. The van der Waals surface area contributed by atoms with Crippen molar-refractivity contribution in [3.63, 3.8) is 0 Å². The van der Waals surface area contributed by atoms with E-state index >= 15 is 0 Å². The predicted octanol–water partition coefficient (Wildman–Crippen LogP) is 1.37. The monoisotopic (exact) mass is 239 g/mol. The summed E-state index contributed by atoms with van der Waals surface area (Å²) in [5.41, 5.74) is 6.47. The number of carbonyl (C=O) groups excluding carboxylic acids is 1. The molecule has 0 radical (unpaired) electrons. The van der Waals surface area contributed by atoms with Crippen LogP contribution in [0.3, 0.4) is 0 Å². The minimum absolute atomic E-state index is 0.0912. The lowest BCUT2D eigenvalue weighted by Crippen LogP contribution is -2.38. The van der Waals surface area contributed by atoms with Crippen molar-refractivity contribution in [1.29, 1.82) is 0 Å². The number of nitrogens with one attached hydrogen (secondary N) is 1. The number of nitrogens with two attached hydrogens (primary N) is 1. The fourth-order valence-corrected chi connectivity index (χ4v) is 1.49. The van der Waals surface area contributed by atoms with E-state index in [0.29, 0.717) is 11.4 Å². The lowest BCUT2D eigenvalue weighted by Gasteiger charge is -2.20. The van der Waals surface area contributed by atoms with E-state index in [1.54, 1.807) is 18.0 Å². The van der Waals surface area contributed by atoms with Crippen molar-refractivity contribution in [3.05, 3.63) is 24.0 Å². The molecular weight excluding hydrogens is 221 g/mol. The van der Waals surface area contributed by atoms with Crippen molar-refractivity contribution >= 4 is 17.3 Å².